The van der Waals surface area contributed by atoms with Crippen LogP contribution in [0.1, 0.15) is 18.1 Å². The lowest BCUT2D eigenvalue weighted by Crippen LogP contribution is -2.07. The number of benzene rings is 3. The van der Waals surface area contributed by atoms with Crippen LogP contribution in [0.15, 0.2) is 84.9 Å². The van der Waals surface area contributed by atoms with E-state index in [4.69, 9.17) is 9.47 Å². The molecule has 4 heteroatoms. The quantitative estimate of drug-likeness (QED) is 0.544. The van der Waals surface area contributed by atoms with E-state index in [-0.39, 0.29) is 5.91 Å². The summed E-state index contributed by atoms with van der Waals surface area (Å²) in [6, 6.07) is 24.9. The number of amides is 1. The second-order valence-electron chi connectivity index (χ2n) is 6.12. The number of ether oxygens (including phenoxy) is 2. The molecule has 3 rings (SSSR count). The molecule has 0 saturated carbocycles. The molecule has 4 nitrogen and oxygen atoms in total. The first-order valence-electron chi connectivity index (χ1n) is 9.21. The van der Waals surface area contributed by atoms with Crippen LogP contribution in [0.5, 0.6) is 11.5 Å². The van der Waals surface area contributed by atoms with Gasteiger partial charge in [0.05, 0.1) is 6.61 Å². The number of hydrogen-bond donors (Lipinski definition) is 1. The molecule has 0 fully saturated rings. The minimum absolute atomic E-state index is 0.188. The molecule has 3 aromatic carbocycles. The molecule has 28 heavy (non-hydrogen) atoms. The van der Waals surface area contributed by atoms with Crippen LogP contribution in [0.3, 0.4) is 0 Å². The highest BCUT2D eigenvalue weighted by molar-refractivity contribution is 6.01. The van der Waals surface area contributed by atoms with E-state index >= 15 is 0 Å². The molecule has 0 aliphatic rings. The van der Waals surface area contributed by atoms with Gasteiger partial charge in [-0.3, -0.25) is 4.79 Å². The SMILES string of the molecule is CCOc1ccc(/C=C/C(=O)Nc2ccc(OCc3ccccc3)cc2)cc1. The van der Waals surface area contributed by atoms with Gasteiger partial charge in [0.25, 0.3) is 0 Å². The fourth-order valence-corrected chi connectivity index (χ4v) is 2.57. The molecule has 0 atom stereocenters. The molecule has 0 unspecified atom stereocenters. The van der Waals surface area contributed by atoms with Crippen molar-refractivity contribution in [1.29, 1.82) is 0 Å². The lowest BCUT2D eigenvalue weighted by atomic mass is 10.2. The van der Waals surface area contributed by atoms with Gasteiger partial charge >= 0.3 is 0 Å². The van der Waals surface area contributed by atoms with E-state index in [0.717, 1.165) is 22.6 Å². The Morgan fingerprint density at radius 2 is 1.50 bits per heavy atom. The maximum Gasteiger partial charge on any atom is 0.248 e. The minimum atomic E-state index is -0.188. The Balaban J connectivity index is 1.49. The maximum absolute atomic E-state index is 12.1. The van der Waals surface area contributed by atoms with Gasteiger partial charge in [-0.25, -0.2) is 0 Å². The highest BCUT2D eigenvalue weighted by Crippen LogP contribution is 2.17. The van der Waals surface area contributed by atoms with E-state index < -0.39 is 0 Å². The number of anilines is 1. The first-order valence-corrected chi connectivity index (χ1v) is 9.21. The summed E-state index contributed by atoms with van der Waals surface area (Å²) in [6.07, 6.45) is 3.28. The lowest BCUT2D eigenvalue weighted by molar-refractivity contribution is -0.111. The largest absolute Gasteiger partial charge is 0.494 e. The third-order valence-corrected chi connectivity index (χ3v) is 3.99. The van der Waals surface area contributed by atoms with Gasteiger partial charge in [0.2, 0.25) is 5.91 Å². The van der Waals surface area contributed by atoms with Crippen LogP contribution >= 0.6 is 0 Å². The van der Waals surface area contributed by atoms with Gasteiger partial charge in [0.1, 0.15) is 18.1 Å². The molecule has 0 spiro atoms. The van der Waals surface area contributed by atoms with Gasteiger partial charge in [0, 0.05) is 11.8 Å². The van der Waals surface area contributed by atoms with E-state index in [0.29, 0.717) is 18.9 Å². The zero-order chi connectivity index (χ0) is 19.6. The normalized spacial score (nSPS) is 10.6. The van der Waals surface area contributed by atoms with Gasteiger partial charge in [-0.05, 0) is 60.5 Å². The van der Waals surface area contributed by atoms with Crippen LogP contribution < -0.4 is 14.8 Å². The summed E-state index contributed by atoms with van der Waals surface area (Å²) in [4.78, 5) is 12.1. The van der Waals surface area contributed by atoms with Crippen LogP contribution in [-0.2, 0) is 11.4 Å². The average Bonchev–Trinajstić information content (AvgIpc) is 2.74. The van der Waals surface area contributed by atoms with Gasteiger partial charge in [-0.2, -0.15) is 0 Å². The van der Waals surface area contributed by atoms with Gasteiger partial charge in [-0.1, -0.05) is 42.5 Å². The summed E-state index contributed by atoms with van der Waals surface area (Å²) >= 11 is 0. The Morgan fingerprint density at radius 3 is 2.18 bits per heavy atom. The molecule has 0 heterocycles. The van der Waals surface area contributed by atoms with E-state index in [1.54, 1.807) is 6.08 Å². The summed E-state index contributed by atoms with van der Waals surface area (Å²) in [6.45, 7) is 3.09. The zero-order valence-electron chi connectivity index (χ0n) is 15.8. The van der Waals surface area contributed by atoms with Crippen LogP contribution in [-0.4, -0.2) is 12.5 Å². The van der Waals surface area contributed by atoms with Crippen molar-refractivity contribution in [2.75, 3.05) is 11.9 Å². The average molecular weight is 373 g/mol. The van der Waals surface area contributed by atoms with Crippen molar-refractivity contribution in [3.63, 3.8) is 0 Å². The second kappa shape index (κ2) is 9.97. The first kappa shape index (κ1) is 19.2. The third kappa shape index (κ3) is 6.02. The fourth-order valence-electron chi connectivity index (χ4n) is 2.57. The van der Waals surface area contributed by atoms with Crippen LogP contribution in [0.2, 0.25) is 0 Å². The van der Waals surface area contributed by atoms with Crippen molar-refractivity contribution in [2.45, 2.75) is 13.5 Å². The molecule has 0 aliphatic carbocycles. The third-order valence-electron chi connectivity index (χ3n) is 3.99. The van der Waals surface area contributed by atoms with E-state index in [1.165, 1.54) is 6.08 Å². The predicted molar refractivity (Wildman–Crippen MR) is 112 cm³/mol. The lowest BCUT2D eigenvalue weighted by Gasteiger charge is -2.07. The van der Waals surface area contributed by atoms with E-state index in [2.05, 4.69) is 5.32 Å². The highest BCUT2D eigenvalue weighted by atomic mass is 16.5. The van der Waals surface area contributed by atoms with E-state index in [1.807, 2.05) is 85.8 Å². The molecule has 0 aromatic heterocycles. The van der Waals surface area contributed by atoms with Gasteiger partial charge in [-0.15, -0.1) is 0 Å². The molecule has 0 bridgehead atoms. The summed E-state index contributed by atoms with van der Waals surface area (Å²) < 4.78 is 11.2. The Hall–Kier alpha value is -3.53. The van der Waals surface area contributed by atoms with Gasteiger partial charge < -0.3 is 14.8 Å². The Kier molecular flexibility index (Phi) is 6.85. The Labute approximate surface area is 165 Å². The van der Waals surface area contributed by atoms with Crippen LogP contribution in [0.25, 0.3) is 6.08 Å². The van der Waals surface area contributed by atoms with E-state index in [9.17, 15) is 4.79 Å². The standard InChI is InChI=1S/C24H23NO3/c1-2-27-22-13-8-19(9-14-22)10-17-24(26)25-21-11-15-23(16-12-21)28-18-20-6-4-3-5-7-20/h3-17H,2,18H2,1H3,(H,25,26)/b17-10+. The molecule has 0 saturated heterocycles. The van der Waals surface area contributed by atoms with Crippen molar-refractivity contribution >= 4 is 17.7 Å². The monoisotopic (exact) mass is 373 g/mol. The summed E-state index contributed by atoms with van der Waals surface area (Å²) in [5, 5.41) is 2.84. The molecule has 3 aromatic rings. The summed E-state index contributed by atoms with van der Waals surface area (Å²) in [5.41, 5.74) is 2.76. The number of hydrogen-bond acceptors (Lipinski definition) is 3. The predicted octanol–water partition coefficient (Wildman–Crippen LogP) is 5.32. The van der Waals surface area contributed by atoms with Crippen LogP contribution in [0, 0.1) is 0 Å². The Morgan fingerprint density at radius 1 is 0.857 bits per heavy atom. The fraction of sp³-hybridized carbons (Fsp3) is 0.125. The molecular formula is C24H23NO3. The Bertz CT molecular complexity index is 901. The second-order valence-corrected chi connectivity index (χ2v) is 6.12. The summed E-state index contributed by atoms with van der Waals surface area (Å²) in [5.74, 6) is 1.39. The van der Waals surface area contributed by atoms with Crippen molar-refractivity contribution in [3.8, 4) is 11.5 Å². The smallest absolute Gasteiger partial charge is 0.248 e. The number of carbonyl (C=O) groups is 1. The number of nitrogens with one attached hydrogen (secondary N) is 1. The molecule has 0 radical (unpaired) electrons. The van der Waals surface area contributed by atoms with Crippen molar-refractivity contribution in [3.05, 3.63) is 96.1 Å². The number of carbonyl (C=O) groups excluding carboxylic acids is 1. The van der Waals surface area contributed by atoms with Gasteiger partial charge in [0.15, 0.2) is 0 Å². The first-order chi connectivity index (χ1) is 13.7. The topological polar surface area (TPSA) is 47.6 Å². The molecule has 0 aliphatic heterocycles. The van der Waals surface area contributed by atoms with Crippen LogP contribution in [0.4, 0.5) is 5.69 Å². The van der Waals surface area contributed by atoms with Crippen molar-refractivity contribution in [1.82, 2.24) is 0 Å². The molecule has 1 amide bonds. The highest BCUT2D eigenvalue weighted by Gasteiger charge is 2.00. The minimum Gasteiger partial charge on any atom is -0.494 e. The van der Waals surface area contributed by atoms with Crippen molar-refractivity contribution < 1.29 is 14.3 Å². The summed E-state index contributed by atoms with van der Waals surface area (Å²) in [7, 11) is 0. The van der Waals surface area contributed by atoms with Crippen molar-refractivity contribution in [2.24, 2.45) is 0 Å². The molecule has 1 N–H and O–H groups in total. The number of rotatable bonds is 8. The molecule has 142 valence electrons. The zero-order valence-corrected chi connectivity index (χ0v) is 15.8. The maximum atomic E-state index is 12.1. The molecular weight excluding hydrogens is 350 g/mol.